The van der Waals surface area contributed by atoms with E-state index in [2.05, 4.69) is 86.1 Å². The number of hydrogen-bond acceptors (Lipinski definition) is 0. The number of rotatable bonds is 0. The van der Waals surface area contributed by atoms with E-state index in [9.17, 15) is 0 Å². The summed E-state index contributed by atoms with van der Waals surface area (Å²) in [5, 5.41) is 0. The highest BCUT2D eigenvalue weighted by molar-refractivity contribution is 9.10. The molecule has 120 valence electrons. The van der Waals surface area contributed by atoms with Gasteiger partial charge in [0, 0.05) is 15.3 Å². The van der Waals surface area contributed by atoms with E-state index >= 15 is 0 Å². The summed E-state index contributed by atoms with van der Waals surface area (Å²) in [6, 6.07) is 6.71. The Labute approximate surface area is 144 Å². The van der Waals surface area contributed by atoms with Crippen LogP contribution in [0.15, 0.2) is 47.0 Å². The van der Waals surface area contributed by atoms with E-state index in [1.54, 1.807) is 0 Å². The van der Waals surface area contributed by atoms with Crippen molar-refractivity contribution >= 4 is 15.9 Å². The zero-order valence-electron chi connectivity index (χ0n) is 14.5. The summed E-state index contributed by atoms with van der Waals surface area (Å²) in [7, 11) is 0. The molecule has 1 aliphatic rings. The number of hydrogen-bond donors (Lipinski definition) is 0. The van der Waals surface area contributed by atoms with Crippen molar-refractivity contribution < 1.29 is 0 Å². The van der Waals surface area contributed by atoms with E-state index in [4.69, 9.17) is 0 Å². The third kappa shape index (κ3) is 4.13. The maximum Gasteiger partial charge on any atom is 0.0256 e. The molecule has 1 aliphatic carbocycles. The van der Waals surface area contributed by atoms with Gasteiger partial charge in [-0.2, -0.15) is 0 Å². The topological polar surface area (TPSA) is 0 Å². The maximum atomic E-state index is 3.90. The van der Waals surface area contributed by atoms with Gasteiger partial charge in [-0.05, 0) is 36.8 Å². The summed E-state index contributed by atoms with van der Waals surface area (Å²) in [5.41, 5.74) is 2.86. The standard InChI is InChI=1S/C21H29Br/c1-20(2)15-10-8-6-5-7-9-11-16-21(3,4)18-14-12-13-17(20)19(18)22/h10-16H,5-9H2,1-4H3/b15-10+,16-11+. The fraction of sp³-hybridized carbons (Fsp3) is 0.524. The lowest BCUT2D eigenvalue weighted by atomic mass is 9.78. The molecule has 0 amide bonds. The Morgan fingerprint density at radius 1 is 0.773 bits per heavy atom. The molecular weight excluding hydrogens is 332 g/mol. The molecule has 2 rings (SSSR count). The SMILES string of the molecule is CC1(C)/C=C/CCCCC/C=C/C(C)(C)c2cccc1c2Br. The molecular formula is C21H29Br. The van der Waals surface area contributed by atoms with Crippen molar-refractivity contribution in [2.75, 3.05) is 0 Å². The lowest BCUT2D eigenvalue weighted by molar-refractivity contribution is 0.626. The molecule has 1 heteroatoms. The largest absolute Gasteiger partial charge is 0.0877 e. The highest BCUT2D eigenvalue weighted by Crippen LogP contribution is 2.39. The number of benzene rings is 1. The van der Waals surface area contributed by atoms with E-state index in [1.165, 1.54) is 47.7 Å². The zero-order chi connectivity index (χ0) is 16.2. The van der Waals surface area contributed by atoms with E-state index in [0.717, 1.165) is 0 Å². The molecule has 1 aromatic carbocycles. The molecule has 2 bridgehead atoms. The minimum absolute atomic E-state index is 0.0543. The van der Waals surface area contributed by atoms with Gasteiger partial charge in [0.1, 0.15) is 0 Å². The van der Waals surface area contributed by atoms with Crippen LogP contribution in [0.3, 0.4) is 0 Å². The van der Waals surface area contributed by atoms with Crippen molar-refractivity contribution in [3.8, 4) is 0 Å². The Balaban J connectivity index is 2.51. The second-order valence-corrected chi connectivity index (χ2v) is 8.35. The number of allylic oxidation sites excluding steroid dienone is 4. The van der Waals surface area contributed by atoms with Gasteiger partial charge in [0.2, 0.25) is 0 Å². The van der Waals surface area contributed by atoms with Crippen molar-refractivity contribution in [1.82, 2.24) is 0 Å². The van der Waals surface area contributed by atoms with Gasteiger partial charge < -0.3 is 0 Å². The van der Waals surface area contributed by atoms with Crippen molar-refractivity contribution in [3.05, 3.63) is 58.1 Å². The van der Waals surface area contributed by atoms with Crippen LogP contribution in [0.4, 0.5) is 0 Å². The first kappa shape index (κ1) is 17.5. The molecule has 0 saturated carbocycles. The first-order chi connectivity index (χ1) is 10.3. The van der Waals surface area contributed by atoms with Crippen LogP contribution >= 0.6 is 15.9 Å². The lowest BCUT2D eigenvalue weighted by Gasteiger charge is -2.29. The monoisotopic (exact) mass is 360 g/mol. The molecule has 0 aromatic heterocycles. The molecule has 0 radical (unpaired) electrons. The van der Waals surface area contributed by atoms with Gasteiger partial charge in [-0.1, -0.05) is 92.5 Å². The molecule has 0 fully saturated rings. The molecule has 0 saturated heterocycles. The maximum absolute atomic E-state index is 3.90. The van der Waals surface area contributed by atoms with Crippen molar-refractivity contribution in [1.29, 1.82) is 0 Å². The fourth-order valence-corrected chi connectivity index (χ4v) is 4.45. The van der Waals surface area contributed by atoms with E-state index in [-0.39, 0.29) is 10.8 Å². The molecule has 0 atom stereocenters. The average Bonchev–Trinajstić information content (AvgIpc) is 2.44. The van der Waals surface area contributed by atoms with Crippen LogP contribution in [0.25, 0.3) is 0 Å². The van der Waals surface area contributed by atoms with Gasteiger partial charge in [-0.15, -0.1) is 0 Å². The molecule has 0 nitrogen and oxygen atoms in total. The Morgan fingerprint density at radius 2 is 1.23 bits per heavy atom. The van der Waals surface area contributed by atoms with E-state index in [0.29, 0.717) is 0 Å². The van der Waals surface area contributed by atoms with Gasteiger partial charge in [0.25, 0.3) is 0 Å². The zero-order valence-corrected chi connectivity index (χ0v) is 16.0. The van der Waals surface area contributed by atoms with Crippen molar-refractivity contribution in [2.45, 2.75) is 70.6 Å². The average molecular weight is 361 g/mol. The minimum Gasteiger partial charge on any atom is -0.0877 e. The summed E-state index contributed by atoms with van der Waals surface area (Å²) < 4.78 is 1.26. The van der Waals surface area contributed by atoms with E-state index < -0.39 is 0 Å². The molecule has 0 unspecified atom stereocenters. The van der Waals surface area contributed by atoms with Crippen molar-refractivity contribution in [3.63, 3.8) is 0 Å². The smallest absolute Gasteiger partial charge is 0.0256 e. The van der Waals surface area contributed by atoms with Gasteiger partial charge in [-0.3, -0.25) is 0 Å². The normalized spacial score (nSPS) is 24.2. The Kier molecular flexibility index (Phi) is 5.71. The highest BCUT2D eigenvalue weighted by Gasteiger charge is 2.26. The Morgan fingerprint density at radius 3 is 1.68 bits per heavy atom. The fourth-order valence-electron chi connectivity index (χ4n) is 3.16. The quantitative estimate of drug-likeness (QED) is 0.433. The van der Waals surface area contributed by atoms with Gasteiger partial charge >= 0.3 is 0 Å². The Hall–Kier alpha value is -0.820. The number of halogens is 1. The van der Waals surface area contributed by atoms with Gasteiger partial charge in [0.05, 0.1) is 0 Å². The van der Waals surface area contributed by atoms with Crippen LogP contribution in [0.5, 0.6) is 0 Å². The molecule has 0 heterocycles. The van der Waals surface area contributed by atoms with Crippen LogP contribution in [-0.4, -0.2) is 0 Å². The highest BCUT2D eigenvalue weighted by atomic mass is 79.9. The third-order valence-corrected chi connectivity index (χ3v) is 5.55. The summed E-state index contributed by atoms with van der Waals surface area (Å²) in [4.78, 5) is 0. The summed E-state index contributed by atoms with van der Waals surface area (Å²) in [5.74, 6) is 0. The predicted octanol–water partition coefficient (Wildman–Crippen LogP) is 7.08. The molecule has 0 N–H and O–H groups in total. The first-order valence-corrected chi connectivity index (χ1v) is 9.29. The summed E-state index contributed by atoms with van der Waals surface area (Å²) >= 11 is 3.90. The van der Waals surface area contributed by atoms with E-state index in [1.807, 2.05) is 0 Å². The molecule has 22 heavy (non-hydrogen) atoms. The molecule has 0 aliphatic heterocycles. The van der Waals surface area contributed by atoms with Crippen LogP contribution in [0, 0.1) is 0 Å². The van der Waals surface area contributed by atoms with Crippen LogP contribution in [-0.2, 0) is 10.8 Å². The Bertz CT molecular complexity index is 515. The third-order valence-electron chi connectivity index (χ3n) is 4.70. The summed E-state index contributed by atoms with van der Waals surface area (Å²) in [6.45, 7) is 9.23. The van der Waals surface area contributed by atoms with Crippen LogP contribution < -0.4 is 0 Å². The lowest BCUT2D eigenvalue weighted by Crippen LogP contribution is -2.19. The summed E-state index contributed by atoms with van der Waals surface area (Å²) in [6.07, 6.45) is 15.8. The molecule has 0 spiro atoms. The minimum atomic E-state index is 0.0543. The van der Waals surface area contributed by atoms with Crippen LogP contribution in [0.1, 0.15) is 70.9 Å². The van der Waals surface area contributed by atoms with Gasteiger partial charge in [0.15, 0.2) is 0 Å². The van der Waals surface area contributed by atoms with Crippen LogP contribution in [0.2, 0.25) is 0 Å². The second kappa shape index (κ2) is 7.17. The van der Waals surface area contributed by atoms with Gasteiger partial charge in [-0.25, -0.2) is 0 Å². The molecule has 1 aromatic rings. The second-order valence-electron chi connectivity index (χ2n) is 7.55. The first-order valence-electron chi connectivity index (χ1n) is 8.49. The van der Waals surface area contributed by atoms with Crippen molar-refractivity contribution in [2.24, 2.45) is 0 Å². The predicted molar refractivity (Wildman–Crippen MR) is 102 cm³/mol. The number of fused-ring (bicyclic) bond motifs is 2.